The molecular formula is C12H12N2O3S. The number of nitrogens with one attached hydrogen (secondary N) is 1. The lowest BCUT2D eigenvalue weighted by Crippen LogP contribution is -2.13. The van der Waals surface area contributed by atoms with Crippen molar-refractivity contribution in [2.45, 2.75) is 6.61 Å². The van der Waals surface area contributed by atoms with Crippen molar-refractivity contribution in [3.05, 3.63) is 41.4 Å². The average molecular weight is 264 g/mol. The van der Waals surface area contributed by atoms with E-state index in [1.165, 1.54) is 11.3 Å². The number of hydrogen-bond acceptors (Lipinski definition) is 5. The molecule has 0 atom stereocenters. The molecule has 0 bridgehead atoms. The van der Waals surface area contributed by atoms with Crippen molar-refractivity contribution >= 4 is 22.6 Å². The number of rotatable bonds is 4. The highest BCUT2D eigenvalue weighted by Gasteiger charge is 2.05. The van der Waals surface area contributed by atoms with Crippen LogP contribution in [0, 0.1) is 0 Å². The topological polar surface area (TPSA) is 60.5 Å². The minimum absolute atomic E-state index is 0.210. The van der Waals surface area contributed by atoms with Crippen LogP contribution in [0.15, 0.2) is 35.8 Å². The van der Waals surface area contributed by atoms with E-state index in [0.29, 0.717) is 5.13 Å². The summed E-state index contributed by atoms with van der Waals surface area (Å²) in [4.78, 5) is 15.3. The SMILES string of the molecule is COc1ccc(COC(=O)Nc2nccs2)cc1. The van der Waals surface area contributed by atoms with Gasteiger partial charge >= 0.3 is 6.09 Å². The van der Waals surface area contributed by atoms with E-state index < -0.39 is 6.09 Å². The Bertz CT molecular complexity index is 497. The second-order valence-electron chi connectivity index (χ2n) is 3.39. The van der Waals surface area contributed by atoms with Gasteiger partial charge in [-0.15, -0.1) is 11.3 Å². The van der Waals surface area contributed by atoms with Gasteiger partial charge in [-0.05, 0) is 17.7 Å². The highest BCUT2D eigenvalue weighted by atomic mass is 32.1. The predicted molar refractivity (Wildman–Crippen MR) is 68.9 cm³/mol. The van der Waals surface area contributed by atoms with Crippen molar-refractivity contribution in [3.8, 4) is 5.75 Å². The summed E-state index contributed by atoms with van der Waals surface area (Å²) >= 11 is 1.34. The maximum atomic E-state index is 11.4. The molecule has 1 N–H and O–H groups in total. The van der Waals surface area contributed by atoms with Gasteiger partial charge in [-0.1, -0.05) is 12.1 Å². The molecule has 0 saturated heterocycles. The maximum absolute atomic E-state index is 11.4. The molecule has 2 aromatic rings. The molecular weight excluding hydrogens is 252 g/mol. The van der Waals surface area contributed by atoms with Gasteiger partial charge in [0.05, 0.1) is 7.11 Å². The molecule has 0 saturated carbocycles. The van der Waals surface area contributed by atoms with Crippen molar-refractivity contribution in [3.63, 3.8) is 0 Å². The Balaban J connectivity index is 1.81. The monoisotopic (exact) mass is 264 g/mol. The zero-order chi connectivity index (χ0) is 12.8. The molecule has 1 aromatic carbocycles. The molecule has 0 aliphatic heterocycles. The Morgan fingerprint density at radius 3 is 2.78 bits per heavy atom. The van der Waals surface area contributed by atoms with E-state index >= 15 is 0 Å². The smallest absolute Gasteiger partial charge is 0.413 e. The Kier molecular flexibility index (Phi) is 4.14. The largest absolute Gasteiger partial charge is 0.497 e. The van der Waals surface area contributed by atoms with Crippen molar-refractivity contribution in [1.82, 2.24) is 4.98 Å². The molecule has 2 rings (SSSR count). The number of carbonyl (C=O) groups is 1. The fourth-order valence-electron chi connectivity index (χ4n) is 1.28. The summed E-state index contributed by atoms with van der Waals surface area (Å²) in [5, 5.41) is 4.84. The minimum Gasteiger partial charge on any atom is -0.497 e. The van der Waals surface area contributed by atoms with E-state index in [0.717, 1.165) is 11.3 Å². The number of methoxy groups -OCH3 is 1. The molecule has 1 heterocycles. The number of aromatic nitrogens is 1. The Hall–Kier alpha value is -2.08. The van der Waals surface area contributed by atoms with Crippen LogP contribution in [0.1, 0.15) is 5.56 Å². The third kappa shape index (κ3) is 3.46. The molecule has 0 fully saturated rings. The van der Waals surface area contributed by atoms with Gasteiger partial charge in [0.1, 0.15) is 12.4 Å². The van der Waals surface area contributed by atoms with Gasteiger partial charge in [0.15, 0.2) is 5.13 Å². The van der Waals surface area contributed by atoms with E-state index in [4.69, 9.17) is 9.47 Å². The zero-order valence-corrected chi connectivity index (χ0v) is 10.6. The predicted octanol–water partition coefficient (Wildman–Crippen LogP) is 2.90. The van der Waals surface area contributed by atoms with Crippen LogP contribution in [0.25, 0.3) is 0 Å². The van der Waals surface area contributed by atoms with Crippen LogP contribution < -0.4 is 10.1 Å². The fraction of sp³-hybridized carbons (Fsp3) is 0.167. The van der Waals surface area contributed by atoms with Crippen LogP contribution in [-0.4, -0.2) is 18.2 Å². The van der Waals surface area contributed by atoms with Gasteiger partial charge in [-0.3, -0.25) is 5.32 Å². The molecule has 18 heavy (non-hydrogen) atoms. The number of nitrogens with zero attached hydrogens (tertiary/aromatic N) is 1. The first-order chi connectivity index (χ1) is 8.78. The van der Waals surface area contributed by atoms with Crippen LogP contribution in [-0.2, 0) is 11.3 Å². The first kappa shape index (κ1) is 12.4. The Morgan fingerprint density at radius 1 is 1.39 bits per heavy atom. The first-order valence-electron chi connectivity index (χ1n) is 5.24. The molecule has 1 amide bonds. The normalized spacial score (nSPS) is 9.83. The van der Waals surface area contributed by atoms with Gasteiger partial charge in [-0.25, -0.2) is 9.78 Å². The molecule has 1 aromatic heterocycles. The van der Waals surface area contributed by atoms with Crippen LogP contribution >= 0.6 is 11.3 Å². The number of hydrogen-bond donors (Lipinski definition) is 1. The Labute approximate surface area is 108 Å². The fourth-order valence-corrected chi connectivity index (χ4v) is 1.79. The highest BCUT2D eigenvalue weighted by molar-refractivity contribution is 7.13. The van der Waals surface area contributed by atoms with E-state index in [-0.39, 0.29) is 6.61 Å². The molecule has 0 spiro atoms. The summed E-state index contributed by atoms with van der Waals surface area (Å²) in [5.41, 5.74) is 0.894. The van der Waals surface area contributed by atoms with E-state index in [2.05, 4.69) is 10.3 Å². The summed E-state index contributed by atoms with van der Waals surface area (Å²) in [6, 6.07) is 7.32. The van der Waals surface area contributed by atoms with Crippen molar-refractivity contribution in [1.29, 1.82) is 0 Å². The molecule has 0 unspecified atom stereocenters. The van der Waals surface area contributed by atoms with E-state index in [9.17, 15) is 4.79 Å². The van der Waals surface area contributed by atoms with Gasteiger partial charge < -0.3 is 9.47 Å². The number of benzene rings is 1. The van der Waals surface area contributed by atoms with Crippen LogP contribution in [0.4, 0.5) is 9.93 Å². The number of anilines is 1. The Morgan fingerprint density at radius 2 is 2.17 bits per heavy atom. The van der Waals surface area contributed by atoms with Crippen LogP contribution in [0.5, 0.6) is 5.75 Å². The van der Waals surface area contributed by atoms with Crippen molar-refractivity contribution in [2.75, 3.05) is 12.4 Å². The summed E-state index contributed by atoms with van der Waals surface area (Å²) in [6.07, 6.45) is 1.10. The standard InChI is InChI=1S/C12H12N2O3S/c1-16-10-4-2-9(3-5-10)8-17-12(15)14-11-13-6-7-18-11/h2-7H,8H2,1H3,(H,13,14,15). The minimum atomic E-state index is -0.513. The zero-order valence-electron chi connectivity index (χ0n) is 9.75. The third-order valence-corrected chi connectivity index (χ3v) is 2.86. The van der Waals surface area contributed by atoms with Crippen LogP contribution in [0.2, 0.25) is 0 Å². The lowest BCUT2D eigenvalue weighted by atomic mass is 10.2. The number of amides is 1. The lowest BCUT2D eigenvalue weighted by molar-refractivity contribution is 0.155. The van der Waals surface area contributed by atoms with Gasteiger partial charge in [0, 0.05) is 11.6 Å². The van der Waals surface area contributed by atoms with E-state index in [1.807, 2.05) is 24.3 Å². The van der Waals surface area contributed by atoms with Gasteiger partial charge in [0.25, 0.3) is 0 Å². The molecule has 5 nitrogen and oxygen atoms in total. The number of ether oxygens (including phenoxy) is 2. The summed E-state index contributed by atoms with van der Waals surface area (Å²) in [7, 11) is 1.60. The van der Waals surface area contributed by atoms with Crippen molar-refractivity contribution in [2.24, 2.45) is 0 Å². The van der Waals surface area contributed by atoms with Crippen molar-refractivity contribution < 1.29 is 14.3 Å². The molecule has 94 valence electrons. The lowest BCUT2D eigenvalue weighted by Gasteiger charge is -2.05. The van der Waals surface area contributed by atoms with Gasteiger partial charge in [0.2, 0.25) is 0 Å². The second kappa shape index (κ2) is 6.02. The average Bonchev–Trinajstić information content (AvgIpc) is 2.90. The third-order valence-electron chi connectivity index (χ3n) is 2.17. The molecule has 6 heteroatoms. The number of carbonyl (C=O) groups excluding carboxylic acids is 1. The quantitative estimate of drug-likeness (QED) is 0.922. The maximum Gasteiger partial charge on any atom is 0.413 e. The van der Waals surface area contributed by atoms with Crippen LogP contribution in [0.3, 0.4) is 0 Å². The molecule has 0 radical (unpaired) electrons. The van der Waals surface area contributed by atoms with Gasteiger partial charge in [-0.2, -0.15) is 0 Å². The highest BCUT2D eigenvalue weighted by Crippen LogP contribution is 2.13. The molecule has 0 aliphatic carbocycles. The summed E-state index contributed by atoms with van der Waals surface area (Å²) in [5.74, 6) is 0.769. The first-order valence-corrected chi connectivity index (χ1v) is 6.12. The van der Waals surface area contributed by atoms with E-state index in [1.54, 1.807) is 18.7 Å². The molecule has 0 aliphatic rings. The summed E-state index contributed by atoms with van der Waals surface area (Å²) in [6.45, 7) is 0.210. The summed E-state index contributed by atoms with van der Waals surface area (Å²) < 4.78 is 10.1. The number of thiazole rings is 1. The second-order valence-corrected chi connectivity index (χ2v) is 4.28.